The van der Waals surface area contributed by atoms with Crippen molar-refractivity contribution < 1.29 is 32.9 Å². The van der Waals surface area contributed by atoms with Crippen LogP contribution in [0.15, 0.2) is 71.8 Å². The third kappa shape index (κ3) is 6.79. The van der Waals surface area contributed by atoms with Crippen molar-refractivity contribution in [3.05, 3.63) is 83.7 Å². The molecule has 0 spiro atoms. The van der Waals surface area contributed by atoms with Gasteiger partial charge in [0.1, 0.15) is 17.3 Å². The van der Waals surface area contributed by atoms with Crippen LogP contribution in [0.2, 0.25) is 0 Å². The number of rotatable bonds is 9. The number of hydrazone groups is 1. The van der Waals surface area contributed by atoms with E-state index in [1.165, 1.54) is 50.8 Å². The molecule has 0 atom stereocenters. The fraction of sp³-hybridized carbons (Fsp3) is 0.125. The molecule has 1 N–H and O–H groups in total. The average molecular weight is 452 g/mol. The van der Waals surface area contributed by atoms with Crippen LogP contribution in [-0.2, 0) is 4.79 Å². The number of amides is 1. The predicted molar refractivity (Wildman–Crippen MR) is 119 cm³/mol. The zero-order chi connectivity index (χ0) is 23.6. The van der Waals surface area contributed by atoms with Gasteiger partial charge < -0.3 is 18.9 Å². The zero-order valence-corrected chi connectivity index (χ0v) is 17.9. The van der Waals surface area contributed by atoms with Crippen molar-refractivity contribution in [1.82, 2.24) is 5.43 Å². The quantitative estimate of drug-likeness (QED) is 0.231. The maximum atomic E-state index is 12.8. The van der Waals surface area contributed by atoms with Crippen molar-refractivity contribution in [2.75, 3.05) is 20.8 Å². The molecule has 0 aliphatic rings. The lowest BCUT2D eigenvalue weighted by Gasteiger charge is -2.09. The van der Waals surface area contributed by atoms with Crippen LogP contribution >= 0.6 is 0 Å². The summed E-state index contributed by atoms with van der Waals surface area (Å²) in [4.78, 5) is 24.1. The monoisotopic (exact) mass is 452 g/mol. The Morgan fingerprint density at radius 3 is 2.24 bits per heavy atom. The number of carbonyl (C=O) groups excluding carboxylic acids is 2. The van der Waals surface area contributed by atoms with Gasteiger partial charge in [-0.2, -0.15) is 5.10 Å². The van der Waals surface area contributed by atoms with Crippen LogP contribution < -0.4 is 24.4 Å². The minimum atomic E-state index is -0.550. The molecular formula is C24H21FN2O6. The lowest BCUT2D eigenvalue weighted by molar-refractivity contribution is -0.123. The fourth-order valence-electron chi connectivity index (χ4n) is 2.64. The molecule has 0 aliphatic heterocycles. The third-order valence-corrected chi connectivity index (χ3v) is 4.30. The average Bonchev–Trinajstić information content (AvgIpc) is 2.84. The summed E-state index contributed by atoms with van der Waals surface area (Å²) in [7, 11) is 2.99. The van der Waals surface area contributed by atoms with Crippen molar-refractivity contribution in [2.45, 2.75) is 0 Å². The number of nitrogens with one attached hydrogen (secondary N) is 1. The van der Waals surface area contributed by atoms with E-state index in [0.29, 0.717) is 34.1 Å². The van der Waals surface area contributed by atoms with Gasteiger partial charge in [-0.3, -0.25) is 4.79 Å². The molecule has 0 fully saturated rings. The highest BCUT2D eigenvalue weighted by molar-refractivity contribution is 5.92. The van der Waals surface area contributed by atoms with E-state index in [1.54, 1.807) is 36.4 Å². The largest absolute Gasteiger partial charge is 0.493 e. The predicted octanol–water partition coefficient (Wildman–Crippen LogP) is 3.59. The minimum Gasteiger partial charge on any atom is -0.493 e. The molecule has 0 aliphatic carbocycles. The van der Waals surface area contributed by atoms with Crippen LogP contribution in [0.3, 0.4) is 0 Å². The van der Waals surface area contributed by atoms with Crippen molar-refractivity contribution in [3.63, 3.8) is 0 Å². The maximum Gasteiger partial charge on any atom is 0.343 e. The Bertz CT molecular complexity index is 1130. The van der Waals surface area contributed by atoms with Crippen LogP contribution in [0.1, 0.15) is 15.9 Å². The van der Waals surface area contributed by atoms with Crippen LogP contribution in [0, 0.1) is 5.82 Å². The number of hydrogen-bond donors (Lipinski definition) is 1. The molecule has 3 aromatic carbocycles. The SMILES string of the molecule is COc1ccc(C(=O)Oc2ccc(C=NNC(=O)COc3ccc(F)cc3)cc2)cc1OC. The van der Waals surface area contributed by atoms with E-state index in [4.69, 9.17) is 18.9 Å². The van der Waals surface area contributed by atoms with E-state index >= 15 is 0 Å². The Morgan fingerprint density at radius 2 is 1.58 bits per heavy atom. The second-order valence-corrected chi connectivity index (χ2v) is 6.56. The Labute approximate surface area is 189 Å². The zero-order valence-electron chi connectivity index (χ0n) is 17.9. The summed E-state index contributed by atoms with van der Waals surface area (Å²) in [6.45, 7) is -0.270. The summed E-state index contributed by atoms with van der Waals surface area (Å²) in [5.74, 6) is 0.216. The molecule has 1 amide bonds. The molecule has 0 saturated heterocycles. The molecular weight excluding hydrogens is 431 g/mol. The first-order valence-electron chi connectivity index (χ1n) is 9.73. The van der Waals surface area contributed by atoms with Crippen LogP contribution in [0.25, 0.3) is 0 Å². The van der Waals surface area contributed by atoms with E-state index in [0.717, 1.165) is 0 Å². The van der Waals surface area contributed by atoms with E-state index < -0.39 is 17.7 Å². The fourth-order valence-corrected chi connectivity index (χ4v) is 2.64. The van der Waals surface area contributed by atoms with Gasteiger partial charge in [0.15, 0.2) is 18.1 Å². The molecule has 0 aromatic heterocycles. The Balaban J connectivity index is 1.49. The van der Waals surface area contributed by atoms with E-state index in [1.807, 2.05) is 0 Å². The first-order chi connectivity index (χ1) is 16.0. The molecule has 0 bridgehead atoms. The Hall–Kier alpha value is -4.40. The maximum absolute atomic E-state index is 12.8. The van der Waals surface area contributed by atoms with Crippen LogP contribution in [-0.4, -0.2) is 38.9 Å². The second kappa shape index (κ2) is 11.3. The third-order valence-electron chi connectivity index (χ3n) is 4.30. The summed E-state index contributed by atoms with van der Waals surface area (Å²) < 4.78 is 33.8. The lowest BCUT2D eigenvalue weighted by atomic mass is 10.2. The molecule has 3 aromatic rings. The summed E-state index contributed by atoms with van der Waals surface area (Å²) in [5.41, 5.74) is 3.30. The van der Waals surface area contributed by atoms with Crippen molar-refractivity contribution in [2.24, 2.45) is 5.10 Å². The number of halogens is 1. The Morgan fingerprint density at radius 1 is 0.909 bits per heavy atom. The number of carbonyl (C=O) groups is 2. The summed E-state index contributed by atoms with van der Waals surface area (Å²) in [6, 6.07) is 16.6. The van der Waals surface area contributed by atoms with E-state index in [9.17, 15) is 14.0 Å². The molecule has 0 unspecified atom stereocenters. The first kappa shape index (κ1) is 23.3. The standard InChI is InChI=1S/C24H21FN2O6/c1-30-21-12-5-17(13-22(21)31-2)24(29)33-20-8-3-16(4-9-20)14-26-27-23(28)15-32-19-10-6-18(25)7-11-19/h3-14H,15H2,1-2H3,(H,27,28). The second-order valence-electron chi connectivity index (χ2n) is 6.56. The number of ether oxygens (including phenoxy) is 4. The number of benzene rings is 3. The van der Waals surface area contributed by atoms with E-state index in [2.05, 4.69) is 10.5 Å². The lowest BCUT2D eigenvalue weighted by Crippen LogP contribution is -2.24. The summed E-state index contributed by atoms with van der Waals surface area (Å²) >= 11 is 0. The highest BCUT2D eigenvalue weighted by Gasteiger charge is 2.13. The van der Waals surface area contributed by atoms with Gasteiger partial charge in [-0.15, -0.1) is 0 Å². The number of methoxy groups -OCH3 is 2. The first-order valence-corrected chi connectivity index (χ1v) is 9.73. The molecule has 0 heterocycles. The molecule has 170 valence electrons. The molecule has 33 heavy (non-hydrogen) atoms. The minimum absolute atomic E-state index is 0.270. The summed E-state index contributed by atoms with van der Waals surface area (Å²) in [5, 5.41) is 3.84. The van der Waals surface area contributed by atoms with E-state index in [-0.39, 0.29) is 6.61 Å². The Kier molecular flexibility index (Phi) is 7.96. The van der Waals surface area contributed by atoms with Gasteiger partial charge >= 0.3 is 5.97 Å². The van der Waals surface area contributed by atoms with Crippen LogP contribution in [0.5, 0.6) is 23.0 Å². The highest BCUT2D eigenvalue weighted by Crippen LogP contribution is 2.28. The van der Waals surface area contributed by atoms with Gasteiger partial charge in [0, 0.05) is 0 Å². The molecule has 3 rings (SSSR count). The molecule has 8 nitrogen and oxygen atoms in total. The smallest absolute Gasteiger partial charge is 0.343 e. The van der Waals surface area contributed by atoms with Crippen LogP contribution in [0.4, 0.5) is 4.39 Å². The number of hydrogen-bond acceptors (Lipinski definition) is 7. The van der Waals surface area contributed by atoms with Crippen molar-refractivity contribution in [1.29, 1.82) is 0 Å². The van der Waals surface area contributed by atoms with Crippen molar-refractivity contribution >= 4 is 18.1 Å². The highest BCUT2D eigenvalue weighted by atomic mass is 19.1. The molecule has 9 heteroatoms. The summed E-state index contributed by atoms with van der Waals surface area (Å²) in [6.07, 6.45) is 1.43. The van der Waals surface area contributed by atoms with Gasteiger partial charge in [0.2, 0.25) is 0 Å². The normalized spacial score (nSPS) is 10.5. The molecule has 0 saturated carbocycles. The van der Waals surface area contributed by atoms with Gasteiger partial charge in [0.25, 0.3) is 5.91 Å². The van der Waals surface area contributed by atoms with Gasteiger partial charge in [-0.25, -0.2) is 14.6 Å². The topological polar surface area (TPSA) is 95.5 Å². The molecule has 0 radical (unpaired) electrons. The van der Waals surface area contributed by atoms with Gasteiger partial charge in [-0.05, 0) is 72.3 Å². The van der Waals surface area contributed by atoms with Gasteiger partial charge in [0.05, 0.1) is 26.0 Å². The van der Waals surface area contributed by atoms with Gasteiger partial charge in [-0.1, -0.05) is 0 Å². The van der Waals surface area contributed by atoms with Crippen molar-refractivity contribution in [3.8, 4) is 23.0 Å². The number of nitrogens with zero attached hydrogens (tertiary/aromatic N) is 1. The number of esters is 1.